The lowest BCUT2D eigenvalue weighted by molar-refractivity contribution is 0.0990. The molecular weight excluding hydrogens is 360 g/mol. The van der Waals surface area contributed by atoms with E-state index in [0.29, 0.717) is 5.92 Å². The molecule has 0 fully saturated rings. The van der Waals surface area contributed by atoms with Gasteiger partial charge in [0.25, 0.3) is 10.1 Å². The third-order valence-electron chi connectivity index (χ3n) is 5.01. The van der Waals surface area contributed by atoms with Gasteiger partial charge in [0.2, 0.25) is 0 Å². The second-order valence-electron chi connectivity index (χ2n) is 6.74. The number of rotatable bonds is 6. The summed E-state index contributed by atoms with van der Waals surface area (Å²) in [7, 11) is -4.46. The van der Waals surface area contributed by atoms with E-state index >= 15 is 0 Å². The lowest BCUT2D eigenvalue weighted by Crippen LogP contribution is -2.11. The molecule has 0 amide bonds. The summed E-state index contributed by atoms with van der Waals surface area (Å²) in [4.78, 5) is 12.5. The second kappa shape index (κ2) is 7.62. The van der Waals surface area contributed by atoms with Crippen LogP contribution < -0.4 is 0 Å². The molecule has 0 aliphatic heterocycles. The number of carbonyl (C=O) groups excluding carboxylic acids is 1. The van der Waals surface area contributed by atoms with Gasteiger partial charge in [-0.2, -0.15) is 8.42 Å². The van der Waals surface area contributed by atoms with Crippen LogP contribution in [0.25, 0.3) is 10.8 Å². The van der Waals surface area contributed by atoms with E-state index in [4.69, 9.17) is 0 Å². The van der Waals surface area contributed by atoms with Gasteiger partial charge in [0.15, 0.2) is 5.78 Å². The van der Waals surface area contributed by atoms with Crippen LogP contribution in [0.5, 0.6) is 0 Å². The monoisotopic (exact) mass is 382 g/mol. The zero-order valence-corrected chi connectivity index (χ0v) is 16.2. The van der Waals surface area contributed by atoms with Crippen LogP contribution in [0.15, 0.2) is 65.6 Å². The quantitative estimate of drug-likeness (QED) is 0.480. The highest BCUT2D eigenvalue weighted by atomic mass is 32.2. The van der Waals surface area contributed by atoms with E-state index in [1.807, 2.05) is 30.3 Å². The summed E-state index contributed by atoms with van der Waals surface area (Å²) in [6.07, 6.45) is 1.08. The van der Waals surface area contributed by atoms with Crippen molar-refractivity contribution in [3.63, 3.8) is 0 Å². The third kappa shape index (κ3) is 3.94. The van der Waals surface area contributed by atoms with Crippen molar-refractivity contribution in [2.24, 2.45) is 0 Å². The summed E-state index contributed by atoms with van der Waals surface area (Å²) in [6, 6.07) is 17.7. The maximum Gasteiger partial charge on any atom is 0.295 e. The van der Waals surface area contributed by atoms with Crippen molar-refractivity contribution in [3.8, 4) is 0 Å². The van der Waals surface area contributed by atoms with Crippen LogP contribution in [-0.2, 0) is 16.5 Å². The van der Waals surface area contributed by atoms with Gasteiger partial charge in [0.05, 0.1) is 0 Å². The molecule has 4 nitrogen and oxygen atoms in total. The molecular formula is C22H22O4S. The van der Waals surface area contributed by atoms with Gasteiger partial charge in [-0.05, 0) is 46.4 Å². The Balaban J connectivity index is 2.05. The molecule has 1 unspecified atom stereocenters. The van der Waals surface area contributed by atoms with Crippen LogP contribution in [0.2, 0.25) is 0 Å². The van der Waals surface area contributed by atoms with Gasteiger partial charge in [-0.3, -0.25) is 9.35 Å². The highest BCUT2D eigenvalue weighted by Crippen LogP contribution is 2.30. The number of fused-ring (bicyclic) bond motifs is 1. The minimum absolute atomic E-state index is 0.00934. The van der Waals surface area contributed by atoms with E-state index in [-0.39, 0.29) is 22.7 Å². The van der Waals surface area contributed by atoms with E-state index in [2.05, 4.69) is 19.9 Å². The molecule has 0 aromatic heterocycles. The van der Waals surface area contributed by atoms with Crippen molar-refractivity contribution in [1.82, 2.24) is 0 Å². The molecule has 3 aromatic rings. The molecule has 27 heavy (non-hydrogen) atoms. The average Bonchev–Trinajstić information content (AvgIpc) is 2.67. The molecule has 1 N–H and O–H groups in total. The first-order chi connectivity index (χ1) is 12.8. The van der Waals surface area contributed by atoms with Crippen LogP contribution in [0.1, 0.15) is 47.7 Å². The first-order valence-electron chi connectivity index (χ1n) is 8.93. The molecule has 0 heterocycles. The van der Waals surface area contributed by atoms with Gasteiger partial charge in [0.1, 0.15) is 4.90 Å². The maximum absolute atomic E-state index is 12.8. The predicted octanol–water partition coefficient (Wildman–Crippen LogP) is 5.03. The van der Waals surface area contributed by atoms with Gasteiger partial charge >= 0.3 is 0 Å². The first-order valence-corrected chi connectivity index (χ1v) is 10.4. The Bertz CT molecular complexity index is 1100. The second-order valence-corrected chi connectivity index (χ2v) is 8.13. The van der Waals surface area contributed by atoms with Crippen molar-refractivity contribution in [3.05, 3.63) is 77.4 Å². The lowest BCUT2D eigenvalue weighted by Gasteiger charge is -2.15. The molecule has 3 rings (SSSR count). The zero-order valence-electron chi connectivity index (χ0n) is 15.3. The van der Waals surface area contributed by atoms with Crippen LogP contribution >= 0.6 is 0 Å². The van der Waals surface area contributed by atoms with Crippen molar-refractivity contribution in [2.75, 3.05) is 0 Å². The van der Waals surface area contributed by atoms with Gasteiger partial charge in [-0.15, -0.1) is 0 Å². The lowest BCUT2D eigenvalue weighted by atomic mass is 9.89. The van der Waals surface area contributed by atoms with E-state index in [9.17, 15) is 17.8 Å². The minimum atomic E-state index is -4.46. The zero-order chi connectivity index (χ0) is 19.6. The van der Waals surface area contributed by atoms with Crippen molar-refractivity contribution in [1.29, 1.82) is 0 Å². The highest BCUT2D eigenvalue weighted by molar-refractivity contribution is 7.86. The van der Waals surface area contributed by atoms with Crippen molar-refractivity contribution >= 4 is 26.7 Å². The van der Waals surface area contributed by atoms with Crippen LogP contribution in [0, 0.1) is 0 Å². The highest BCUT2D eigenvalue weighted by Gasteiger charge is 2.21. The largest absolute Gasteiger partial charge is 0.295 e. The standard InChI is InChI=1S/C22H22O4S/c1-3-15(2)17-13-12-16(18-8-4-5-9-19(17)18)14-21(23)20-10-6-7-11-22(20)27(24,25)26/h4-13,15H,3,14H2,1-2H3,(H,24,25,26). The Labute approximate surface area is 159 Å². The predicted molar refractivity (Wildman–Crippen MR) is 107 cm³/mol. The molecule has 0 saturated carbocycles. The molecule has 0 aliphatic rings. The molecule has 140 valence electrons. The SMILES string of the molecule is CCC(C)c1ccc(CC(=O)c2ccccc2S(=O)(=O)O)c2ccccc12. The molecule has 0 saturated heterocycles. The summed E-state index contributed by atoms with van der Waals surface area (Å²) in [5.41, 5.74) is 2.09. The Morgan fingerprint density at radius 1 is 0.963 bits per heavy atom. The minimum Gasteiger partial charge on any atom is -0.294 e. The summed E-state index contributed by atoms with van der Waals surface area (Å²) in [6.45, 7) is 4.32. The fourth-order valence-electron chi connectivity index (χ4n) is 3.38. The Morgan fingerprint density at radius 2 is 1.59 bits per heavy atom. The van der Waals surface area contributed by atoms with Gasteiger partial charge < -0.3 is 0 Å². The normalized spacial score (nSPS) is 12.9. The average molecular weight is 382 g/mol. The summed E-state index contributed by atoms with van der Waals surface area (Å²) in [5, 5.41) is 2.10. The maximum atomic E-state index is 12.8. The number of ketones is 1. The number of hydrogen-bond acceptors (Lipinski definition) is 3. The molecule has 0 spiro atoms. The van der Waals surface area contributed by atoms with Crippen molar-refractivity contribution in [2.45, 2.75) is 37.5 Å². The number of benzene rings is 3. The molecule has 0 radical (unpaired) electrons. The van der Waals surface area contributed by atoms with E-state index < -0.39 is 10.1 Å². The van der Waals surface area contributed by atoms with Gasteiger partial charge in [-0.25, -0.2) is 0 Å². The smallest absolute Gasteiger partial charge is 0.294 e. The number of Topliss-reactive ketones (excluding diaryl/α,β-unsaturated/α-hetero) is 1. The Morgan fingerprint density at radius 3 is 2.26 bits per heavy atom. The van der Waals surface area contributed by atoms with E-state index in [0.717, 1.165) is 22.8 Å². The number of hydrogen-bond donors (Lipinski definition) is 1. The first kappa shape index (κ1) is 19.3. The summed E-state index contributed by atoms with van der Waals surface area (Å²) < 4.78 is 32.6. The van der Waals surface area contributed by atoms with Crippen LogP contribution in [-0.4, -0.2) is 18.8 Å². The van der Waals surface area contributed by atoms with Crippen molar-refractivity contribution < 1.29 is 17.8 Å². The fraction of sp³-hybridized carbons (Fsp3) is 0.227. The summed E-state index contributed by atoms with van der Waals surface area (Å²) in [5.74, 6) is 0.0598. The third-order valence-corrected chi connectivity index (χ3v) is 5.92. The Kier molecular flexibility index (Phi) is 5.44. The number of carbonyl (C=O) groups is 1. The molecule has 5 heteroatoms. The molecule has 3 aromatic carbocycles. The molecule has 0 aliphatic carbocycles. The van der Waals surface area contributed by atoms with Crippen LogP contribution in [0.3, 0.4) is 0 Å². The topological polar surface area (TPSA) is 71.4 Å². The van der Waals surface area contributed by atoms with Gasteiger partial charge in [0, 0.05) is 12.0 Å². The molecule has 0 bridgehead atoms. The van der Waals surface area contributed by atoms with E-state index in [1.165, 1.54) is 23.8 Å². The van der Waals surface area contributed by atoms with E-state index in [1.54, 1.807) is 6.07 Å². The fourth-order valence-corrected chi connectivity index (χ4v) is 4.09. The summed E-state index contributed by atoms with van der Waals surface area (Å²) >= 11 is 0. The van der Waals surface area contributed by atoms with Crippen LogP contribution in [0.4, 0.5) is 0 Å². The van der Waals surface area contributed by atoms with Gasteiger partial charge in [-0.1, -0.05) is 62.4 Å². The Hall–Kier alpha value is -2.50. The molecule has 1 atom stereocenters.